The summed E-state index contributed by atoms with van der Waals surface area (Å²) < 4.78 is 29.0. The lowest BCUT2D eigenvalue weighted by atomic mass is 9.72. The molecule has 32 rings (SSSR count). The number of hydrogen-bond donors (Lipinski definition) is 0. The molecule has 0 saturated carbocycles. The fraction of sp³-hybridized carbons (Fsp3) is 0.324. The summed E-state index contributed by atoms with van der Waals surface area (Å²) in [5.74, 6) is 10.3. The van der Waals surface area contributed by atoms with Gasteiger partial charge in [0.2, 0.25) is 0 Å². The number of hydrogen-bond acceptors (Lipinski definition) is 12. The van der Waals surface area contributed by atoms with Gasteiger partial charge in [-0.15, -0.1) is 0 Å². The lowest BCUT2D eigenvalue weighted by Gasteiger charge is -2.52. The summed E-state index contributed by atoms with van der Waals surface area (Å²) in [7, 11) is 0. The first-order valence-electron chi connectivity index (χ1n) is 55.4. The number of rotatable bonds is 20. The molecule has 0 radical (unpaired) electrons. The van der Waals surface area contributed by atoms with Gasteiger partial charge < -0.3 is 18.9 Å². The number of pyridine rings is 4. The molecule has 0 amide bonds. The van der Waals surface area contributed by atoms with E-state index in [1.165, 1.54) is 282 Å². The molecule has 0 spiro atoms. The van der Waals surface area contributed by atoms with Gasteiger partial charge in [0.25, 0.3) is 0 Å². The minimum Gasteiger partial charge on any atom is -0.483 e. The second-order valence-electron chi connectivity index (χ2n) is 44.5. The molecule has 12 heteroatoms. The molecule has 12 nitrogen and oxygen atoms in total. The average molecular weight is 1950 g/mol. The quantitative estimate of drug-likeness (QED) is 0.0679. The first kappa shape index (κ1) is 95.2. The number of piperidine rings is 12. The van der Waals surface area contributed by atoms with Crippen molar-refractivity contribution in [3.63, 3.8) is 0 Å². The fourth-order valence-electron chi connectivity index (χ4n) is 28.4. The van der Waals surface area contributed by atoms with Crippen LogP contribution in [0.5, 0.6) is 23.0 Å². The van der Waals surface area contributed by atoms with E-state index in [1.54, 1.807) is 0 Å². The van der Waals surface area contributed by atoms with Crippen LogP contribution >= 0.6 is 0 Å². The maximum atomic E-state index is 7.26. The molecule has 744 valence electrons. The summed E-state index contributed by atoms with van der Waals surface area (Å²) in [6, 6.07) is 115. The molecular formula is C136H136N8O4. The van der Waals surface area contributed by atoms with Crippen LogP contribution < -0.4 is 18.9 Å². The van der Waals surface area contributed by atoms with Gasteiger partial charge in [0.05, 0.1) is 46.2 Å². The Morgan fingerprint density at radius 3 is 0.635 bits per heavy atom. The zero-order valence-corrected chi connectivity index (χ0v) is 86.9. The molecule has 0 aliphatic carbocycles. The van der Waals surface area contributed by atoms with Crippen LogP contribution in [0.25, 0.3) is 130 Å². The van der Waals surface area contributed by atoms with Crippen LogP contribution in [0.1, 0.15) is 174 Å². The number of aromatic nitrogens is 4. The third-order valence-corrected chi connectivity index (χ3v) is 36.1. The standard InChI is InChI=1S/4C34H34N2O/c4*1-3-23-21-36-17-15-24(23)19-32(36)34(29-14-16-35-31-13-12-22(2)18-30(29)31)37-33-20-25-8-4-5-9-26(25)27-10-6-7-11-28(27)33/h4*4-14,16,18,20,23-24,32,34H,3,15,17,19,21H2,1-2H3/t2*23?,24?,32-,34+;23?,24-,32+,34-;23-,24+,32+,34-/m1010/s1. The summed E-state index contributed by atoms with van der Waals surface area (Å²) >= 11 is 0. The Hall–Kier alpha value is -13.7. The minimum atomic E-state index is -0.0579. The van der Waals surface area contributed by atoms with Crippen molar-refractivity contribution < 1.29 is 18.9 Å². The normalized spacial score (nSPS) is 24.1. The zero-order chi connectivity index (χ0) is 99.7. The van der Waals surface area contributed by atoms with Crippen molar-refractivity contribution in [3.05, 3.63) is 385 Å². The third kappa shape index (κ3) is 18.2. The van der Waals surface area contributed by atoms with Gasteiger partial charge in [-0.3, -0.25) is 39.5 Å². The SMILES string of the molecule is CCC1CN2CCC1C[C@@H]2[C@@H](Oc1cc2ccccc2c2ccccc12)c1ccnc2ccc(C)cc12.CCC1CN2CCC1C[C@H]2[C@H](Oc1cc2ccccc2c2ccccc12)c1ccnc2ccc(C)cc12.CCC1CN2CC[C@@H]1C[C@H]2[C@H](Oc1cc2ccccc2c2ccccc12)c1ccnc2ccc(C)cc12.CC[C@H]1CN2CC[C@@H]1C[C@@H]2[C@@H](Oc1cc2ccccc2c2ccccc12)c1ccnc2ccc(C)cc12. The molecule has 8 bridgehead atoms. The Bertz CT molecular complexity index is 7400. The van der Waals surface area contributed by atoms with Gasteiger partial charge in [-0.2, -0.15) is 0 Å². The predicted molar refractivity (Wildman–Crippen MR) is 613 cm³/mol. The Kier molecular flexibility index (Phi) is 26.4. The Morgan fingerprint density at radius 1 is 0.230 bits per heavy atom. The van der Waals surface area contributed by atoms with E-state index >= 15 is 0 Å². The smallest absolute Gasteiger partial charge is 0.140 e. The molecule has 20 atom stereocenters. The van der Waals surface area contributed by atoms with Crippen molar-refractivity contribution in [1.29, 1.82) is 0 Å². The van der Waals surface area contributed by atoms with Crippen LogP contribution in [-0.4, -0.2) is 116 Å². The second-order valence-corrected chi connectivity index (χ2v) is 44.5. The largest absolute Gasteiger partial charge is 0.483 e. The molecule has 20 aromatic rings. The summed E-state index contributed by atoms with van der Waals surface area (Å²) in [5, 5.41) is 24.6. The van der Waals surface area contributed by atoms with Crippen molar-refractivity contribution >= 4 is 130 Å². The van der Waals surface area contributed by atoms with Gasteiger partial charge in [-0.1, -0.05) is 294 Å². The van der Waals surface area contributed by atoms with Crippen molar-refractivity contribution in [2.45, 2.75) is 181 Å². The monoisotopic (exact) mass is 1950 g/mol. The highest BCUT2D eigenvalue weighted by Gasteiger charge is 2.50. The van der Waals surface area contributed by atoms with E-state index in [0.29, 0.717) is 24.2 Å². The number of ether oxygens (including phenoxy) is 4. The van der Waals surface area contributed by atoms with Crippen LogP contribution in [0.15, 0.2) is 340 Å². The van der Waals surface area contributed by atoms with Gasteiger partial charge in [0.1, 0.15) is 47.4 Å². The van der Waals surface area contributed by atoms with Crippen LogP contribution in [0, 0.1) is 75.0 Å². The Balaban J connectivity index is 0.000000103. The van der Waals surface area contributed by atoms with Crippen molar-refractivity contribution in [1.82, 2.24) is 39.5 Å². The Labute approximate surface area is 870 Å². The maximum absolute atomic E-state index is 7.26. The minimum absolute atomic E-state index is 0.0579. The molecule has 16 heterocycles. The first-order chi connectivity index (χ1) is 72.8. The van der Waals surface area contributed by atoms with E-state index in [1.807, 2.05) is 24.8 Å². The topological polar surface area (TPSA) is 101 Å². The van der Waals surface area contributed by atoms with E-state index in [4.69, 9.17) is 38.9 Å². The molecule has 12 aliphatic heterocycles. The molecule has 4 aromatic heterocycles. The summed E-state index contributed by atoms with van der Waals surface area (Å²) in [4.78, 5) is 29.8. The number of aryl methyl sites for hydroxylation is 4. The van der Waals surface area contributed by atoms with Gasteiger partial charge in [0.15, 0.2) is 0 Å². The zero-order valence-electron chi connectivity index (χ0n) is 86.9. The predicted octanol–water partition coefficient (Wildman–Crippen LogP) is 32.4. The first-order valence-corrected chi connectivity index (χ1v) is 55.4. The molecular weight excluding hydrogens is 1810 g/mol. The summed E-state index contributed by atoms with van der Waals surface area (Å²) in [6.07, 6.45) is 22.8. The summed E-state index contributed by atoms with van der Waals surface area (Å²) in [6.45, 7) is 27.5. The van der Waals surface area contributed by atoms with Crippen LogP contribution in [0.2, 0.25) is 0 Å². The van der Waals surface area contributed by atoms with Crippen LogP contribution in [-0.2, 0) is 0 Å². The number of nitrogens with zero attached hydrogens (tertiary/aromatic N) is 8. The van der Waals surface area contributed by atoms with Gasteiger partial charge >= 0.3 is 0 Å². The van der Waals surface area contributed by atoms with Gasteiger partial charge in [0, 0.05) is 116 Å². The highest BCUT2D eigenvalue weighted by Crippen LogP contribution is 2.53. The lowest BCUT2D eigenvalue weighted by molar-refractivity contribution is -0.0480. The Morgan fingerprint density at radius 2 is 0.432 bits per heavy atom. The van der Waals surface area contributed by atoms with Gasteiger partial charge in [-0.05, 0) is 314 Å². The fourth-order valence-corrected chi connectivity index (χ4v) is 28.4. The third-order valence-electron chi connectivity index (χ3n) is 36.1. The van der Waals surface area contributed by atoms with Gasteiger partial charge in [-0.25, -0.2) is 0 Å². The maximum Gasteiger partial charge on any atom is 0.140 e. The van der Waals surface area contributed by atoms with E-state index in [2.05, 4.69) is 390 Å². The number of fused-ring (bicyclic) bond motifs is 28. The molecule has 148 heavy (non-hydrogen) atoms. The van der Waals surface area contributed by atoms with Crippen molar-refractivity contribution in [2.24, 2.45) is 47.3 Å². The molecule has 0 N–H and O–H groups in total. The van der Waals surface area contributed by atoms with Crippen LogP contribution in [0.4, 0.5) is 0 Å². The number of benzene rings is 16. The van der Waals surface area contributed by atoms with Crippen molar-refractivity contribution in [3.8, 4) is 23.0 Å². The molecule has 16 aromatic carbocycles. The van der Waals surface area contributed by atoms with Crippen LogP contribution in [0.3, 0.4) is 0 Å². The van der Waals surface area contributed by atoms with E-state index in [9.17, 15) is 0 Å². The molecule has 12 saturated heterocycles. The average Bonchev–Trinajstić information content (AvgIpc) is 0.755. The highest BCUT2D eigenvalue weighted by molar-refractivity contribution is 6.14. The van der Waals surface area contributed by atoms with Crippen molar-refractivity contribution in [2.75, 3.05) is 52.4 Å². The molecule has 12 aliphatic rings. The highest BCUT2D eigenvalue weighted by atomic mass is 16.5. The molecule has 12 fully saturated rings. The second kappa shape index (κ2) is 41.1. The van der Waals surface area contributed by atoms with E-state index in [-0.39, 0.29) is 24.4 Å². The summed E-state index contributed by atoms with van der Waals surface area (Å²) in [5.41, 5.74) is 14.2. The molecule has 9 unspecified atom stereocenters. The van der Waals surface area contributed by atoms with E-state index in [0.717, 1.165) is 92.4 Å². The lowest BCUT2D eigenvalue weighted by Crippen LogP contribution is -2.56. The van der Waals surface area contributed by atoms with E-state index < -0.39 is 0 Å².